The monoisotopic (exact) mass is 399 g/mol. The Labute approximate surface area is 167 Å². The van der Waals surface area contributed by atoms with E-state index in [1.54, 1.807) is 32.0 Å². The lowest BCUT2D eigenvalue weighted by molar-refractivity contribution is -0.144. The van der Waals surface area contributed by atoms with Gasteiger partial charge in [-0.05, 0) is 38.0 Å². The molecule has 0 unspecified atom stereocenters. The van der Waals surface area contributed by atoms with E-state index in [4.69, 9.17) is 4.74 Å². The van der Waals surface area contributed by atoms with E-state index in [1.807, 2.05) is 34.9 Å². The highest BCUT2D eigenvalue weighted by molar-refractivity contribution is 7.99. The number of aromatic nitrogens is 3. The van der Waals surface area contributed by atoms with Gasteiger partial charge >= 0.3 is 5.97 Å². The summed E-state index contributed by atoms with van der Waals surface area (Å²) < 4.78 is 21.4. The number of thioether (sulfide) groups is 1. The Morgan fingerprint density at radius 3 is 2.54 bits per heavy atom. The molecule has 5 nitrogen and oxygen atoms in total. The van der Waals surface area contributed by atoms with Gasteiger partial charge < -0.3 is 9.30 Å². The first-order chi connectivity index (χ1) is 13.5. The number of hydrogen-bond donors (Lipinski definition) is 0. The topological polar surface area (TPSA) is 57.0 Å². The Hall–Kier alpha value is -2.67. The van der Waals surface area contributed by atoms with Crippen molar-refractivity contribution >= 4 is 17.7 Å². The quantitative estimate of drug-likeness (QED) is 0.416. The number of carbonyl (C=O) groups is 1. The van der Waals surface area contributed by atoms with Crippen molar-refractivity contribution in [3.05, 3.63) is 66.0 Å². The number of esters is 1. The van der Waals surface area contributed by atoms with E-state index in [9.17, 15) is 9.18 Å². The molecule has 3 rings (SSSR count). The summed E-state index contributed by atoms with van der Waals surface area (Å²) in [5.74, 6) is -0.0933. The van der Waals surface area contributed by atoms with Gasteiger partial charge in [0.25, 0.3) is 0 Å². The van der Waals surface area contributed by atoms with Crippen molar-refractivity contribution in [3.63, 3.8) is 0 Å². The number of ether oxygens (including phenoxy) is 1. The number of nitrogens with zero attached hydrogens (tertiary/aromatic N) is 3. The number of halogens is 1. The van der Waals surface area contributed by atoms with E-state index in [0.29, 0.717) is 23.1 Å². The molecule has 1 aromatic heterocycles. The van der Waals surface area contributed by atoms with Gasteiger partial charge in [-0.2, -0.15) is 0 Å². The maximum absolute atomic E-state index is 14.3. The number of benzene rings is 2. The number of rotatable bonds is 8. The lowest BCUT2D eigenvalue weighted by Crippen LogP contribution is -2.14. The lowest BCUT2D eigenvalue weighted by Gasteiger charge is -2.11. The second-order valence-corrected chi connectivity index (χ2v) is 7.44. The summed E-state index contributed by atoms with van der Waals surface area (Å²) in [5, 5.41) is 8.96. The number of hydrogen-bond acceptors (Lipinski definition) is 5. The predicted molar refractivity (Wildman–Crippen MR) is 108 cm³/mol. The molecule has 146 valence electrons. The molecule has 0 saturated carbocycles. The number of aryl methyl sites for hydroxylation is 1. The molecule has 0 N–H and O–H groups in total. The molecular formula is C21H22FN3O2S. The molecule has 0 saturated heterocycles. The Kier molecular flexibility index (Phi) is 6.81. The first-order valence-electron chi connectivity index (χ1n) is 9.09. The maximum atomic E-state index is 14.3. The molecule has 28 heavy (non-hydrogen) atoms. The highest BCUT2D eigenvalue weighted by Crippen LogP contribution is 2.26. The zero-order chi connectivity index (χ0) is 19.9. The van der Waals surface area contributed by atoms with Crippen molar-refractivity contribution in [2.45, 2.75) is 38.1 Å². The number of carbonyl (C=O) groups excluding carboxylic acids is 1. The Balaban J connectivity index is 1.84. The summed E-state index contributed by atoms with van der Waals surface area (Å²) in [4.78, 5) is 11.9. The summed E-state index contributed by atoms with van der Waals surface area (Å²) in [6.45, 7) is 4.19. The summed E-state index contributed by atoms with van der Waals surface area (Å²) in [7, 11) is 0. The molecule has 0 radical (unpaired) electrons. The Bertz CT molecular complexity index is 928. The summed E-state index contributed by atoms with van der Waals surface area (Å²) in [5.41, 5.74) is 1.55. The smallest absolute Gasteiger partial charge is 0.316 e. The molecule has 7 heteroatoms. The zero-order valence-electron chi connectivity index (χ0n) is 15.8. The van der Waals surface area contributed by atoms with Gasteiger partial charge in [0.05, 0.1) is 17.4 Å². The van der Waals surface area contributed by atoms with Gasteiger partial charge in [0.15, 0.2) is 11.0 Å². The Morgan fingerprint density at radius 2 is 1.82 bits per heavy atom. The van der Waals surface area contributed by atoms with Gasteiger partial charge in [-0.1, -0.05) is 54.2 Å². The third-order valence-electron chi connectivity index (χ3n) is 3.98. The average molecular weight is 399 g/mol. The van der Waals surface area contributed by atoms with Crippen molar-refractivity contribution in [3.8, 4) is 11.4 Å². The van der Waals surface area contributed by atoms with Crippen LogP contribution in [0.5, 0.6) is 0 Å². The van der Waals surface area contributed by atoms with Crippen molar-refractivity contribution in [2.75, 3.05) is 5.75 Å². The highest BCUT2D eigenvalue weighted by atomic mass is 32.2. The van der Waals surface area contributed by atoms with E-state index < -0.39 is 0 Å². The normalized spacial score (nSPS) is 11.0. The molecule has 3 aromatic rings. The van der Waals surface area contributed by atoms with Crippen LogP contribution in [0.3, 0.4) is 0 Å². The van der Waals surface area contributed by atoms with E-state index >= 15 is 0 Å². The van der Waals surface area contributed by atoms with Gasteiger partial charge in [0, 0.05) is 6.54 Å². The molecule has 0 bridgehead atoms. The second-order valence-electron chi connectivity index (χ2n) is 6.50. The SMILES string of the molecule is CC(C)OC(=O)CSc1nnc(-c2ccccc2F)n1CCc1ccccc1. The van der Waals surface area contributed by atoms with Gasteiger partial charge in [0.1, 0.15) is 5.82 Å². The second kappa shape index (κ2) is 9.50. The summed E-state index contributed by atoms with van der Waals surface area (Å²) in [6, 6.07) is 16.5. The zero-order valence-corrected chi connectivity index (χ0v) is 16.7. The van der Waals surface area contributed by atoms with Crippen LogP contribution < -0.4 is 0 Å². The molecule has 0 spiro atoms. The van der Waals surface area contributed by atoms with Crippen molar-refractivity contribution in [1.82, 2.24) is 14.8 Å². The third-order valence-corrected chi connectivity index (χ3v) is 4.93. The van der Waals surface area contributed by atoms with Crippen LogP contribution in [0.15, 0.2) is 59.8 Å². The fourth-order valence-electron chi connectivity index (χ4n) is 2.74. The van der Waals surface area contributed by atoms with Crippen molar-refractivity contribution in [1.29, 1.82) is 0 Å². The average Bonchev–Trinajstić information content (AvgIpc) is 3.08. The van der Waals surface area contributed by atoms with E-state index in [2.05, 4.69) is 10.2 Å². The molecule has 0 atom stereocenters. The van der Waals surface area contributed by atoms with E-state index in [1.165, 1.54) is 17.8 Å². The molecule has 0 aliphatic carbocycles. The summed E-state index contributed by atoms with van der Waals surface area (Å²) in [6.07, 6.45) is 0.572. The minimum atomic E-state index is -0.355. The van der Waals surface area contributed by atoms with E-state index in [-0.39, 0.29) is 23.6 Å². The van der Waals surface area contributed by atoms with Crippen LogP contribution in [0.1, 0.15) is 19.4 Å². The fraction of sp³-hybridized carbons (Fsp3) is 0.286. The first-order valence-corrected chi connectivity index (χ1v) is 10.1. The van der Waals surface area contributed by atoms with Crippen LogP contribution in [0.4, 0.5) is 4.39 Å². The van der Waals surface area contributed by atoms with Gasteiger partial charge in [-0.25, -0.2) is 4.39 Å². The standard InChI is InChI=1S/C21H22FN3O2S/c1-15(2)27-19(26)14-28-21-24-23-20(17-10-6-7-11-18(17)22)25(21)13-12-16-8-4-3-5-9-16/h3-11,15H,12-14H2,1-2H3. The Morgan fingerprint density at radius 1 is 1.11 bits per heavy atom. The summed E-state index contributed by atoms with van der Waals surface area (Å²) >= 11 is 1.25. The van der Waals surface area contributed by atoms with Crippen LogP contribution in [-0.2, 0) is 22.5 Å². The third kappa shape index (κ3) is 5.19. The van der Waals surface area contributed by atoms with Crippen LogP contribution in [0.2, 0.25) is 0 Å². The molecule has 2 aromatic carbocycles. The predicted octanol–water partition coefficient (Wildman–Crippen LogP) is 4.37. The minimum absolute atomic E-state index is 0.124. The van der Waals surface area contributed by atoms with Crippen LogP contribution >= 0.6 is 11.8 Å². The minimum Gasteiger partial charge on any atom is -0.462 e. The van der Waals surface area contributed by atoms with Crippen LogP contribution in [0, 0.1) is 5.82 Å². The molecule has 0 amide bonds. The van der Waals surface area contributed by atoms with Gasteiger partial charge in [-0.15, -0.1) is 10.2 Å². The first kappa shape index (κ1) is 20.1. The van der Waals surface area contributed by atoms with E-state index in [0.717, 1.165) is 12.0 Å². The van der Waals surface area contributed by atoms with Crippen LogP contribution in [-0.4, -0.2) is 32.6 Å². The van der Waals surface area contributed by atoms with Gasteiger partial charge in [0.2, 0.25) is 0 Å². The van der Waals surface area contributed by atoms with Crippen molar-refractivity contribution < 1.29 is 13.9 Å². The maximum Gasteiger partial charge on any atom is 0.316 e. The van der Waals surface area contributed by atoms with Gasteiger partial charge in [-0.3, -0.25) is 4.79 Å². The lowest BCUT2D eigenvalue weighted by atomic mass is 10.1. The molecule has 0 aliphatic rings. The molecule has 0 aliphatic heterocycles. The van der Waals surface area contributed by atoms with Crippen molar-refractivity contribution in [2.24, 2.45) is 0 Å². The highest BCUT2D eigenvalue weighted by Gasteiger charge is 2.18. The fourth-order valence-corrected chi connectivity index (χ4v) is 3.49. The van der Waals surface area contributed by atoms with Crippen LogP contribution in [0.25, 0.3) is 11.4 Å². The molecule has 0 fully saturated rings. The molecular weight excluding hydrogens is 377 g/mol. The largest absolute Gasteiger partial charge is 0.462 e. The molecule has 1 heterocycles.